The number of nitrogens with zero attached hydrogens (tertiary/aromatic N) is 2. The zero-order valence-electron chi connectivity index (χ0n) is 15.5. The predicted octanol–water partition coefficient (Wildman–Crippen LogP) is 2.94. The minimum Gasteiger partial charge on any atom is -0.361 e. The van der Waals surface area contributed by atoms with Crippen LogP contribution in [0.4, 0.5) is 5.69 Å². The molecule has 6 nitrogen and oxygen atoms in total. The van der Waals surface area contributed by atoms with Crippen LogP contribution in [-0.2, 0) is 16.0 Å². The Morgan fingerprint density at radius 1 is 1.20 bits per heavy atom. The van der Waals surface area contributed by atoms with E-state index in [0.717, 1.165) is 33.8 Å². The number of carbonyl (C=O) groups is 2. The lowest BCUT2D eigenvalue weighted by molar-refractivity contribution is -0.133. The quantitative estimate of drug-likeness (QED) is 0.875. The van der Waals surface area contributed by atoms with Crippen LogP contribution < -0.4 is 5.32 Å². The number of amides is 2. The number of carbonyl (C=O) groups excluding carboxylic acids is 2. The van der Waals surface area contributed by atoms with Crippen molar-refractivity contribution < 1.29 is 14.1 Å². The second-order valence-corrected chi connectivity index (χ2v) is 6.35. The number of benzene rings is 1. The molecule has 0 atom stereocenters. The summed E-state index contributed by atoms with van der Waals surface area (Å²) in [5.74, 6) is 0.443. The van der Waals surface area contributed by atoms with E-state index in [1.807, 2.05) is 45.9 Å². The summed E-state index contributed by atoms with van der Waals surface area (Å²) in [7, 11) is 1.64. The lowest BCUT2D eigenvalue weighted by Gasteiger charge is -2.17. The van der Waals surface area contributed by atoms with Crippen LogP contribution in [-0.4, -0.2) is 35.5 Å². The van der Waals surface area contributed by atoms with Gasteiger partial charge in [-0.25, -0.2) is 0 Å². The third kappa shape index (κ3) is 4.68. The van der Waals surface area contributed by atoms with Crippen LogP contribution in [0.2, 0.25) is 0 Å². The van der Waals surface area contributed by atoms with Gasteiger partial charge in [0.05, 0.1) is 12.2 Å². The highest BCUT2D eigenvalue weighted by Crippen LogP contribution is 2.18. The SMILES string of the molecule is Cc1cccc(NC(=O)CN(C)C(=O)CCc2c(C)noc2C)c1C. The summed E-state index contributed by atoms with van der Waals surface area (Å²) in [5, 5.41) is 6.75. The average molecular weight is 343 g/mol. The van der Waals surface area contributed by atoms with Crippen LogP contribution in [0.3, 0.4) is 0 Å². The topological polar surface area (TPSA) is 75.4 Å². The van der Waals surface area contributed by atoms with Crippen molar-refractivity contribution in [2.45, 2.75) is 40.5 Å². The van der Waals surface area contributed by atoms with Gasteiger partial charge in [-0.1, -0.05) is 17.3 Å². The van der Waals surface area contributed by atoms with Crippen molar-refractivity contribution in [3.63, 3.8) is 0 Å². The first-order chi connectivity index (χ1) is 11.8. The van der Waals surface area contributed by atoms with Gasteiger partial charge >= 0.3 is 0 Å². The lowest BCUT2D eigenvalue weighted by Crippen LogP contribution is -2.35. The first-order valence-electron chi connectivity index (χ1n) is 8.31. The molecule has 2 rings (SSSR count). The molecule has 134 valence electrons. The molecule has 1 aromatic heterocycles. The van der Waals surface area contributed by atoms with E-state index in [9.17, 15) is 9.59 Å². The number of aryl methyl sites for hydroxylation is 3. The molecule has 0 unspecified atom stereocenters. The van der Waals surface area contributed by atoms with Crippen LogP contribution in [0.1, 0.15) is 34.6 Å². The molecular weight excluding hydrogens is 318 g/mol. The predicted molar refractivity (Wildman–Crippen MR) is 96.5 cm³/mol. The van der Waals surface area contributed by atoms with Crippen LogP contribution in [0.15, 0.2) is 22.7 Å². The number of anilines is 1. The molecule has 0 radical (unpaired) electrons. The second-order valence-electron chi connectivity index (χ2n) is 6.35. The molecule has 1 aromatic carbocycles. The van der Waals surface area contributed by atoms with Gasteiger partial charge in [0.2, 0.25) is 11.8 Å². The Morgan fingerprint density at radius 3 is 2.56 bits per heavy atom. The molecule has 2 aromatic rings. The Bertz CT molecular complexity index is 761. The molecule has 0 spiro atoms. The second kappa shape index (κ2) is 7.96. The summed E-state index contributed by atoms with van der Waals surface area (Å²) in [4.78, 5) is 25.9. The van der Waals surface area contributed by atoms with E-state index in [1.54, 1.807) is 7.05 Å². The normalized spacial score (nSPS) is 10.6. The Hall–Kier alpha value is -2.63. The van der Waals surface area contributed by atoms with E-state index < -0.39 is 0 Å². The number of hydrogen-bond donors (Lipinski definition) is 1. The molecule has 1 N–H and O–H groups in total. The Kier molecular flexibility index (Phi) is 5.96. The summed E-state index contributed by atoms with van der Waals surface area (Å²) < 4.78 is 5.10. The van der Waals surface area contributed by atoms with Gasteiger partial charge in [-0.2, -0.15) is 0 Å². The number of rotatable bonds is 6. The fourth-order valence-electron chi connectivity index (χ4n) is 2.66. The van der Waals surface area contributed by atoms with E-state index in [1.165, 1.54) is 4.90 Å². The first kappa shape index (κ1) is 18.7. The maximum atomic E-state index is 12.3. The molecule has 1 heterocycles. The maximum absolute atomic E-state index is 12.3. The van der Waals surface area contributed by atoms with Crippen molar-refractivity contribution in [2.75, 3.05) is 18.9 Å². The third-order valence-corrected chi connectivity index (χ3v) is 4.46. The average Bonchev–Trinajstić information content (AvgIpc) is 2.88. The Balaban J connectivity index is 1.88. The van der Waals surface area contributed by atoms with Gasteiger partial charge in [-0.15, -0.1) is 0 Å². The molecule has 0 saturated heterocycles. The van der Waals surface area contributed by atoms with Gasteiger partial charge in [0.25, 0.3) is 0 Å². The standard InChI is InChI=1S/C19H25N3O3/c1-12-7-6-8-17(13(12)2)20-18(23)11-22(5)19(24)10-9-16-14(3)21-25-15(16)4/h6-8H,9-11H2,1-5H3,(H,20,23). The molecule has 0 aliphatic rings. The summed E-state index contributed by atoms with van der Waals surface area (Å²) in [6.45, 7) is 7.67. The van der Waals surface area contributed by atoms with Crippen molar-refractivity contribution in [1.29, 1.82) is 0 Å². The molecule has 0 bridgehead atoms. The highest BCUT2D eigenvalue weighted by Gasteiger charge is 2.16. The molecule has 0 aliphatic heterocycles. The van der Waals surface area contributed by atoms with Crippen molar-refractivity contribution in [1.82, 2.24) is 10.1 Å². The third-order valence-electron chi connectivity index (χ3n) is 4.46. The zero-order chi connectivity index (χ0) is 18.6. The minimum absolute atomic E-state index is 0.0216. The number of likely N-dealkylation sites (N-methyl/N-ethyl adjacent to an activating group) is 1. The van der Waals surface area contributed by atoms with E-state index in [4.69, 9.17) is 4.52 Å². The van der Waals surface area contributed by atoms with Crippen LogP contribution in [0.25, 0.3) is 0 Å². The minimum atomic E-state index is -0.207. The highest BCUT2D eigenvalue weighted by atomic mass is 16.5. The molecule has 0 fully saturated rings. The maximum Gasteiger partial charge on any atom is 0.243 e. The Morgan fingerprint density at radius 2 is 1.92 bits per heavy atom. The van der Waals surface area contributed by atoms with E-state index >= 15 is 0 Å². The molecule has 0 aliphatic carbocycles. The highest BCUT2D eigenvalue weighted by molar-refractivity contribution is 5.95. The van der Waals surface area contributed by atoms with Gasteiger partial charge in [0, 0.05) is 24.7 Å². The van der Waals surface area contributed by atoms with Crippen LogP contribution in [0, 0.1) is 27.7 Å². The summed E-state index contributed by atoms with van der Waals surface area (Å²) >= 11 is 0. The van der Waals surface area contributed by atoms with E-state index in [0.29, 0.717) is 12.8 Å². The smallest absolute Gasteiger partial charge is 0.243 e. The van der Waals surface area contributed by atoms with Gasteiger partial charge in [-0.3, -0.25) is 9.59 Å². The first-order valence-corrected chi connectivity index (χ1v) is 8.31. The number of hydrogen-bond acceptors (Lipinski definition) is 4. The van der Waals surface area contributed by atoms with Crippen molar-refractivity contribution >= 4 is 17.5 Å². The molecular formula is C19H25N3O3. The van der Waals surface area contributed by atoms with Crippen molar-refractivity contribution in [2.24, 2.45) is 0 Å². The number of aromatic nitrogens is 1. The van der Waals surface area contributed by atoms with E-state index in [2.05, 4.69) is 10.5 Å². The fraction of sp³-hybridized carbons (Fsp3) is 0.421. The van der Waals surface area contributed by atoms with Crippen LogP contribution >= 0.6 is 0 Å². The van der Waals surface area contributed by atoms with Gasteiger partial charge in [-0.05, 0) is 51.3 Å². The van der Waals surface area contributed by atoms with Crippen molar-refractivity contribution in [3.8, 4) is 0 Å². The lowest BCUT2D eigenvalue weighted by atomic mass is 10.1. The largest absolute Gasteiger partial charge is 0.361 e. The van der Waals surface area contributed by atoms with Gasteiger partial charge < -0.3 is 14.7 Å². The van der Waals surface area contributed by atoms with Crippen LogP contribution in [0.5, 0.6) is 0 Å². The molecule has 0 saturated carbocycles. The fourth-order valence-corrected chi connectivity index (χ4v) is 2.66. The Labute approximate surface area is 148 Å². The monoisotopic (exact) mass is 343 g/mol. The van der Waals surface area contributed by atoms with Gasteiger partial charge in [0.15, 0.2) is 0 Å². The summed E-state index contributed by atoms with van der Waals surface area (Å²) in [6, 6.07) is 5.76. The van der Waals surface area contributed by atoms with Gasteiger partial charge in [0.1, 0.15) is 5.76 Å². The number of nitrogens with one attached hydrogen (secondary N) is 1. The molecule has 6 heteroatoms. The summed E-state index contributed by atoms with van der Waals surface area (Å²) in [5.41, 5.74) is 4.69. The van der Waals surface area contributed by atoms with Crippen molar-refractivity contribution in [3.05, 3.63) is 46.3 Å². The zero-order valence-corrected chi connectivity index (χ0v) is 15.5. The molecule has 2 amide bonds. The summed E-state index contributed by atoms with van der Waals surface area (Å²) in [6.07, 6.45) is 0.874. The van der Waals surface area contributed by atoms with E-state index in [-0.39, 0.29) is 18.4 Å². The molecule has 25 heavy (non-hydrogen) atoms.